The first kappa shape index (κ1) is 34.0. The second-order valence-corrected chi connectivity index (χ2v) is 11.0. The maximum atomic E-state index is 13.6. The second-order valence-electron chi connectivity index (χ2n) is 11.0. The molecule has 46 heavy (non-hydrogen) atoms. The van der Waals surface area contributed by atoms with Crippen LogP contribution in [0.25, 0.3) is 10.9 Å². The minimum atomic E-state index is -0.758. The second kappa shape index (κ2) is 16.4. The molecule has 2 aromatic rings. The van der Waals surface area contributed by atoms with Crippen LogP contribution in [-0.2, 0) is 35.2 Å². The van der Waals surface area contributed by atoms with E-state index in [9.17, 15) is 33.6 Å². The number of aromatic amines is 1. The third kappa shape index (κ3) is 8.85. The van der Waals surface area contributed by atoms with Gasteiger partial charge < -0.3 is 31.2 Å². The molecule has 2 aliphatic rings. The molecule has 2 aliphatic heterocycles. The van der Waals surface area contributed by atoms with Crippen molar-refractivity contribution < 1.29 is 33.6 Å². The zero-order valence-electron chi connectivity index (χ0n) is 25.8. The van der Waals surface area contributed by atoms with Crippen LogP contribution >= 0.6 is 0 Å². The Balaban J connectivity index is 1.16. The van der Waals surface area contributed by atoms with Gasteiger partial charge in [0.05, 0.1) is 18.8 Å². The number of nitrogens with one attached hydrogen (secondary N) is 6. The van der Waals surface area contributed by atoms with Crippen LogP contribution in [0.15, 0.2) is 30.4 Å². The van der Waals surface area contributed by atoms with Crippen molar-refractivity contribution in [2.24, 2.45) is 0 Å². The number of hydrogen-bond donors (Lipinski definition) is 6. The number of imide groups is 1. The molecule has 3 heterocycles. The molecular formula is C31H40N8O7. The molecule has 0 spiro atoms. The lowest BCUT2D eigenvalue weighted by molar-refractivity contribution is -0.137. The third-order valence-electron chi connectivity index (χ3n) is 7.76. The Bertz CT molecular complexity index is 1500. The Morgan fingerprint density at radius 3 is 2.39 bits per heavy atom. The molecule has 0 fully saturated rings. The van der Waals surface area contributed by atoms with Gasteiger partial charge in [-0.05, 0) is 63.0 Å². The van der Waals surface area contributed by atoms with Gasteiger partial charge in [-0.25, -0.2) is 0 Å². The van der Waals surface area contributed by atoms with Crippen molar-refractivity contribution in [3.8, 4) is 0 Å². The van der Waals surface area contributed by atoms with Crippen molar-refractivity contribution in [1.29, 1.82) is 0 Å². The third-order valence-corrected chi connectivity index (χ3v) is 7.76. The molecule has 1 aromatic carbocycles. The summed E-state index contributed by atoms with van der Waals surface area (Å²) in [5.41, 5.74) is 3.04. The summed E-state index contributed by atoms with van der Waals surface area (Å²) in [6, 6.07) is 4.72. The van der Waals surface area contributed by atoms with Gasteiger partial charge in [0.2, 0.25) is 23.6 Å². The van der Waals surface area contributed by atoms with Crippen LogP contribution in [0.5, 0.6) is 0 Å². The van der Waals surface area contributed by atoms with E-state index >= 15 is 0 Å². The van der Waals surface area contributed by atoms with E-state index in [1.807, 2.05) is 19.2 Å². The van der Waals surface area contributed by atoms with Crippen molar-refractivity contribution >= 4 is 58.3 Å². The molecule has 1 aromatic heterocycles. The Kier molecular flexibility index (Phi) is 12.1. The molecule has 15 nitrogen and oxygen atoms in total. The first-order valence-corrected chi connectivity index (χ1v) is 15.3. The molecule has 6 amide bonds. The number of aromatic nitrogens is 1. The summed E-state index contributed by atoms with van der Waals surface area (Å²) in [5, 5.41) is 14.8. The number of fused-ring (bicyclic) bond motifs is 3. The Hall–Kier alpha value is -4.89. The smallest absolute Gasteiger partial charge is 0.253 e. The fourth-order valence-electron chi connectivity index (χ4n) is 5.49. The van der Waals surface area contributed by atoms with Crippen LogP contribution in [0, 0.1) is 0 Å². The van der Waals surface area contributed by atoms with Gasteiger partial charge in [-0.15, -0.1) is 0 Å². The summed E-state index contributed by atoms with van der Waals surface area (Å²) in [4.78, 5) is 90.6. The van der Waals surface area contributed by atoms with Gasteiger partial charge in [0.15, 0.2) is 6.29 Å². The molecular weight excluding hydrogens is 596 g/mol. The number of hydrogen-bond acceptors (Lipinski definition) is 9. The van der Waals surface area contributed by atoms with Crippen LogP contribution in [0.4, 0.5) is 5.69 Å². The van der Waals surface area contributed by atoms with Gasteiger partial charge >= 0.3 is 0 Å². The number of rotatable bonds is 18. The standard InChI is InChI=1S/C31H40N8O7/c1-32-11-2-4-24(31(46)38-15-10-21-22-16-20(19-40)36-23(22)6-7-25(21)38)37-28(43)18-33-17-27(42)35-13-12-34-26(41)5-3-14-39-29(44)8-9-30(39)45/h6-9,16,19,24,32-33,36H,2-5,10-15,17-18H2,1H3,(H,34,41)(H,35,42)(H,37,43). The molecule has 0 bridgehead atoms. The van der Waals surface area contributed by atoms with Gasteiger partial charge in [-0.1, -0.05) is 0 Å². The maximum absolute atomic E-state index is 13.6. The fraction of sp³-hybridized carbons (Fsp3) is 0.452. The molecule has 0 radical (unpaired) electrons. The minimum absolute atomic E-state index is 0.128. The van der Waals surface area contributed by atoms with E-state index in [2.05, 4.69) is 31.6 Å². The molecule has 1 atom stereocenters. The Labute approximate surface area is 265 Å². The quantitative estimate of drug-likeness (QED) is 0.0666. The van der Waals surface area contributed by atoms with E-state index in [-0.39, 0.29) is 68.7 Å². The number of anilines is 1. The van der Waals surface area contributed by atoms with Gasteiger partial charge in [0.25, 0.3) is 11.8 Å². The van der Waals surface area contributed by atoms with Crippen LogP contribution < -0.4 is 31.5 Å². The molecule has 6 N–H and O–H groups in total. The molecule has 0 saturated heterocycles. The SMILES string of the molecule is CNCCCC(NC(=O)CNCC(=O)NCCNC(=O)CCCN1C(=O)C=CC1=O)C(=O)N1CCc2c1ccc1[nH]c(C=O)cc21. The van der Waals surface area contributed by atoms with Crippen LogP contribution in [0.3, 0.4) is 0 Å². The lowest BCUT2D eigenvalue weighted by atomic mass is 10.1. The first-order valence-electron chi connectivity index (χ1n) is 15.3. The molecule has 0 aliphatic carbocycles. The highest BCUT2D eigenvalue weighted by molar-refractivity contribution is 6.12. The Morgan fingerprint density at radius 1 is 0.957 bits per heavy atom. The summed E-state index contributed by atoms with van der Waals surface area (Å²) >= 11 is 0. The fourth-order valence-corrected chi connectivity index (χ4v) is 5.49. The van der Waals surface area contributed by atoms with E-state index in [0.717, 1.165) is 33.3 Å². The zero-order valence-corrected chi connectivity index (χ0v) is 25.8. The van der Waals surface area contributed by atoms with Crippen LogP contribution in [0.2, 0.25) is 0 Å². The highest BCUT2D eigenvalue weighted by Gasteiger charge is 2.32. The van der Waals surface area contributed by atoms with Crippen LogP contribution in [-0.4, -0.2) is 111 Å². The monoisotopic (exact) mass is 636 g/mol. The zero-order chi connectivity index (χ0) is 33.1. The number of carbonyl (C=O) groups excluding carboxylic acids is 7. The molecule has 1 unspecified atom stereocenters. The summed E-state index contributed by atoms with van der Waals surface area (Å²) in [6.45, 7) is 1.35. The largest absolute Gasteiger partial charge is 0.354 e. The first-order chi connectivity index (χ1) is 22.2. The van der Waals surface area contributed by atoms with Crippen molar-refractivity contribution in [3.05, 3.63) is 41.6 Å². The van der Waals surface area contributed by atoms with Crippen LogP contribution in [0.1, 0.15) is 41.7 Å². The number of nitrogens with zero attached hydrogens (tertiary/aromatic N) is 2. The summed E-state index contributed by atoms with van der Waals surface area (Å²) < 4.78 is 0. The normalized spacial score (nSPS) is 14.5. The summed E-state index contributed by atoms with van der Waals surface area (Å²) in [5.74, 6) is -2.06. The summed E-state index contributed by atoms with van der Waals surface area (Å²) in [7, 11) is 1.81. The van der Waals surface area contributed by atoms with Gasteiger partial charge in [0, 0.05) is 61.3 Å². The lowest BCUT2D eigenvalue weighted by Crippen LogP contribution is -2.51. The number of carbonyl (C=O) groups is 7. The minimum Gasteiger partial charge on any atom is -0.354 e. The van der Waals surface area contributed by atoms with Gasteiger partial charge in [-0.3, -0.25) is 43.8 Å². The van der Waals surface area contributed by atoms with E-state index in [4.69, 9.17) is 0 Å². The van der Waals surface area contributed by atoms with E-state index < -0.39 is 11.9 Å². The molecule has 246 valence electrons. The van der Waals surface area contributed by atoms with Gasteiger partial charge in [0.1, 0.15) is 6.04 Å². The average molecular weight is 637 g/mol. The summed E-state index contributed by atoms with van der Waals surface area (Å²) in [6.07, 6.45) is 5.32. The maximum Gasteiger partial charge on any atom is 0.253 e. The topological polar surface area (TPSA) is 202 Å². The van der Waals surface area contributed by atoms with Crippen molar-refractivity contribution in [1.82, 2.24) is 36.5 Å². The predicted molar refractivity (Wildman–Crippen MR) is 169 cm³/mol. The highest BCUT2D eigenvalue weighted by atomic mass is 16.2. The number of aldehydes is 1. The average Bonchev–Trinajstić information content (AvgIpc) is 3.75. The predicted octanol–water partition coefficient (Wildman–Crippen LogP) is -1.12. The molecule has 15 heteroatoms. The Morgan fingerprint density at radius 2 is 1.67 bits per heavy atom. The van der Waals surface area contributed by atoms with E-state index in [1.165, 1.54) is 12.2 Å². The van der Waals surface area contributed by atoms with Gasteiger partial charge in [-0.2, -0.15) is 0 Å². The highest BCUT2D eigenvalue weighted by Crippen LogP contribution is 2.35. The van der Waals surface area contributed by atoms with Crippen molar-refractivity contribution in [2.75, 3.05) is 57.8 Å². The molecule has 0 saturated carbocycles. The van der Waals surface area contributed by atoms with E-state index in [0.29, 0.717) is 44.5 Å². The lowest BCUT2D eigenvalue weighted by Gasteiger charge is -2.25. The number of amides is 6. The number of H-pyrrole nitrogens is 1. The number of benzene rings is 1. The van der Waals surface area contributed by atoms with Crippen molar-refractivity contribution in [2.45, 2.75) is 38.1 Å². The van der Waals surface area contributed by atoms with Crippen molar-refractivity contribution in [3.63, 3.8) is 0 Å². The van der Waals surface area contributed by atoms with E-state index in [1.54, 1.807) is 11.0 Å². The molecule has 4 rings (SSSR count).